The molecule has 0 N–H and O–H groups in total. The van der Waals surface area contributed by atoms with Crippen molar-refractivity contribution in [2.75, 3.05) is 0 Å². The molecule has 0 unspecified atom stereocenters. The Morgan fingerprint density at radius 3 is 2.74 bits per heavy atom. The maximum absolute atomic E-state index is 5.93. The van der Waals surface area contributed by atoms with E-state index in [4.69, 9.17) is 23.8 Å². The lowest BCUT2D eigenvalue weighted by Gasteiger charge is -2.02. The Bertz CT molecular complexity index is 847. The Labute approximate surface area is 119 Å². The first-order valence-electron chi connectivity index (χ1n) is 5.95. The number of hydrogen-bond acceptors (Lipinski definition) is 3. The lowest BCUT2D eigenvalue weighted by Crippen LogP contribution is -1.98. The second-order valence-electron chi connectivity index (χ2n) is 4.51. The first-order valence-corrected chi connectivity index (χ1v) is 6.74. The van der Waals surface area contributed by atoms with E-state index in [0.29, 0.717) is 4.64 Å². The van der Waals surface area contributed by atoms with E-state index in [2.05, 4.69) is 19.1 Å². The maximum Gasteiger partial charge on any atom is 0.157 e. The summed E-state index contributed by atoms with van der Waals surface area (Å²) in [5.41, 5.74) is 2.91. The Balaban J connectivity index is 2.06. The van der Waals surface area contributed by atoms with Crippen LogP contribution in [-0.2, 0) is 13.1 Å². The molecular weight excluding hydrogens is 280 g/mol. The second-order valence-corrected chi connectivity index (χ2v) is 5.33. The molecule has 0 radical (unpaired) electrons. The molecule has 6 heteroatoms. The molecule has 0 spiro atoms. The summed E-state index contributed by atoms with van der Waals surface area (Å²) in [5.74, 6) is 0.928. The lowest BCUT2D eigenvalue weighted by atomic mass is 10.2. The number of aromatic nitrogens is 4. The zero-order chi connectivity index (χ0) is 13.0. The molecule has 0 amide bonds. The minimum Gasteiger partial charge on any atom is -0.315 e. The predicted molar refractivity (Wildman–Crippen MR) is 76.8 cm³/mol. The number of benzene rings is 1. The number of rotatable bonds is 1. The summed E-state index contributed by atoms with van der Waals surface area (Å²) in [4.78, 5) is 8.87. The quantitative estimate of drug-likeness (QED) is 0.645. The molecule has 0 atom stereocenters. The highest BCUT2D eigenvalue weighted by Crippen LogP contribution is 2.28. The van der Waals surface area contributed by atoms with Gasteiger partial charge >= 0.3 is 0 Å². The van der Waals surface area contributed by atoms with E-state index >= 15 is 0 Å². The van der Waals surface area contributed by atoms with E-state index in [1.54, 1.807) is 6.33 Å². The molecule has 0 saturated carbocycles. The highest BCUT2D eigenvalue weighted by molar-refractivity contribution is 7.71. The van der Waals surface area contributed by atoms with Gasteiger partial charge in [0.25, 0.3) is 0 Å². The molecule has 19 heavy (non-hydrogen) atoms. The summed E-state index contributed by atoms with van der Waals surface area (Å²) in [5, 5.41) is 0.724. The van der Waals surface area contributed by atoms with E-state index in [1.165, 1.54) is 0 Å². The predicted octanol–water partition coefficient (Wildman–Crippen LogP) is 3.30. The molecule has 0 aliphatic carbocycles. The molecule has 0 bridgehead atoms. The van der Waals surface area contributed by atoms with Gasteiger partial charge in [-0.25, -0.2) is 9.97 Å². The third kappa shape index (κ3) is 1.55. The minimum atomic E-state index is 0.558. The zero-order valence-electron chi connectivity index (χ0n) is 9.88. The average Bonchev–Trinajstić information content (AvgIpc) is 2.99. The van der Waals surface area contributed by atoms with Gasteiger partial charge in [0, 0.05) is 23.7 Å². The van der Waals surface area contributed by atoms with Gasteiger partial charge in [0.15, 0.2) is 4.64 Å². The van der Waals surface area contributed by atoms with Crippen LogP contribution in [0.4, 0.5) is 0 Å². The summed E-state index contributed by atoms with van der Waals surface area (Å²) in [7, 11) is 0. The molecule has 0 saturated heterocycles. The Kier molecular flexibility index (Phi) is 2.28. The van der Waals surface area contributed by atoms with Gasteiger partial charge in [0.2, 0.25) is 0 Å². The first kappa shape index (κ1) is 11.1. The lowest BCUT2D eigenvalue weighted by molar-refractivity contribution is 0.673. The zero-order valence-corrected chi connectivity index (χ0v) is 11.4. The molecule has 4 nitrogen and oxygen atoms in total. The van der Waals surface area contributed by atoms with Gasteiger partial charge in [-0.2, -0.15) is 0 Å². The standard InChI is InChI=1S/C13H9ClN4S/c14-9-3-1-8(2-4-9)11-16-10-12(19)15-7-17-5-6-18(11)13(10)17/h1-4,7H,5-6H2. The Morgan fingerprint density at radius 1 is 1.16 bits per heavy atom. The van der Waals surface area contributed by atoms with Gasteiger partial charge < -0.3 is 9.13 Å². The van der Waals surface area contributed by atoms with E-state index in [0.717, 1.165) is 40.7 Å². The van der Waals surface area contributed by atoms with Crippen LogP contribution in [-0.4, -0.2) is 19.1 Å². The third-order valence-corrected chi connectivity index (χ3v) is 3.95. The molecule has 1 aromatic carbocycles. The molecule has 1 aliphatic heterocycles. The monoisotopic (exact) mass is 288 g/mol. The highest BCUT2D eigenvalue weighted by atomic mass is 35.5. The summed E-state index contributed by atoms with van der Waals surface area (Å²) < 4.78 is 4.84. The van der Waals surface area contributed by atoms with Crippen molar-refractivity contribution >= 4 is 35.0 Å². The van der Waals surface area contributed by atoms with Crippen molar-refractivity contribution in [3.8, 4) is 11.4 Å². The summed E-state index contributed by atoms with van der Waals surface area (Å²) in [6, 6.07) is 7.71. The summed E-state index contributed by atoms with van der Waals surface area (Å²) >= 11 is 11.2. The number of imidazole rings is 1. The molecule has 0 fully saturated rings. The summed E-state index contributed by atoms with van der Waals surface area (Å²) in [6.07, 6.45) is 1.79. The smallest absolute Gasteiger partial charge is 0.157 e. The topological polar surface area (TPSA) is 35.6 Å². The van der Waals surface area contributed by atoms with E-state index in [9.17, 15) is 0 Å². The van der Waals surface area contributed by atoms with Crippen molar-refractivity contribution in [3.05, 3.63) is 40.3 Å². The summed E-state index contributed by atoms with van der Waals surface area (Å²) in [6.45, 7) is 1.81. The van der Waals surface area contributed by atoms with Gasteiger partial charge in [-0.3, -0.25) is 0 Å². The van der Waals surface area contributed by atoms with Crippen molar-refractivity contribution in [2.24, 2.45) is 0 Å². The molecule has 3 aromatic rings. The van der Waals surface area contributed by atoms with Gasteiger partial charge in [-0.15, -0.1) is 0 Å². The van der Waals surface area contributed by atoms with Gasteiger partial charge in [0.1, 0.15) is 17.0 Å². The average molecular weight is 289 g/mol. The molecule has 1 aliphatic rings. The minimum absolute atomic E-state index is 0.558. The number of nitrogens with zero attached hydrogens (tertiary/aromatic N) is 4. The van der Waals surface area contributed by atoms with Crippen LogP contribution in [0.15, 0.2) is 30.6 Å². The van der Waals surface area contributed by atoms with Crippen molar-refractivity contribution in [2.45, 2.75) is 13.1 Å². The fraction of sp³-hybridized carbons (Fsp3) is 0.154. The number of hydrogen-bond donors (Lipinski definition) is 0. The second kappa shape index (κ2) is 3.88. The SMILES string of the molecule is S=c1ncn2c3c1nc(-c1ccc(Cl)cc1)n3CC2. The third-order valence-electron chi connectivity index (χ3n) is 3.40. The first-order chi connectivity index (χ1) is 9.24. The number of aryl methyl sites for hydroxylation is 2. The Hall–Kier alpha value is -1.72. The molecule has 3 heterocycles. The van der Waals surface area contributed by atoms with Crippen LogP contribution in [0.3, 0.4) is 0 Å². The molecule has 2 aromatic heterocycles. The fourth-order valence-corrected chi connectivity index (χ4v) is 2.83. The van der Waals surface area contributed by atoms with Crippen molar-refractivity contribution in [3.63, 3.8) is 0 Å². The van der Waals surface area contributed by atoms with Gasteiger partial charge in [-0.05, 0) is 24.3 Å². The maximum atomic E-state index is 5.93. The Morgan fingerprint density at radius 2 is 1.95 bits per heavy atom. The molecular formula is C13H9ClN4S. The van der Waals surface area contributed by atoms with E-state index in [-0.39, 0.29) is 0 Å². The normalized spacial score (nSPS) is 13.3. The van der Waals surface area contributed by atoms with Crippen LogP contribution in [0.25, 0.3) is 22.6 Å². The fourth-order valence-electron chi connectivity index (χ4n) is 2.52. The van der Waals surface area contributed by atoms with Crippen LogP contribution in [0.2, 0.25) is 5.02 Å². The van der Waals surface area contributed by atoms with Crippen LogP contribution >= 0.6 is 23.8 Å². The molecule has 4 rings (SSSR count). The largest absolute Gasteiger partial charge is 0.315 e. The number of halogens is 1. The van der Waals surface area contributed by atoms with Crippen LogP contribution in [0.1, 0.15) is 0 Å². The van der Waals surface area contributed by atoms with Gasteiger partial charge in [-0.1, -0.05) is 23.8 Å². The van der Waals surface area contributed by atoms with Crippen LogP contribution in [0, 0.1) is 4.64 Å². The highest BCUT2D eigenvalue weighted by Gasteiger charge is 2.20. The van der Waals surface area contributed by atoms with Gasteiger partial charge in [0.05, 0.1) is 6.33 Å². The van der Waals surface area contributed by atoms with Crippen LogP contribution in [0.5, 0.6) is 0 Å². The van der Waals surface area contributed by atoms with E-state index in [1.807, 2.05) is 24.3 Å². The molecule has 94 valence electrons. The van der Waals surface area contributed by atoms with Crippen LogP contribution < -0.4 is 0 Å². The van der Waals surface area contributed by atoms with Crippen molar-refractivity contribution in [1.82, 2.24) is 19.1 Å². The van der Waals surface area contributed by atoms with Crippen molar-refractivity contribution in [1.29, 1.82) is 0 Å². The van der Waals surface area contributed by atoms with E-state index < -0.39 is 0 Å². The van der Waals surface area contributed by atoms with Crippen molar-refractivity contribution < 1.29 is 0 Å².